The van der Waals surface area contributed by atoms with Crippen LogP contribution in [0.5, 0.6) is 0 Å². The monoisotopic (exact) mass is 308 g/mol. The van der Waals surface area contributed by atoms with E-state index in [0.29, 0.717) is 23.4 Å². The van der Waals surface area contributed by atoms with Gasteiger partial charge in [-0.2, -0.15) is 0 Å². The Hall–Kier alpha value is -0.380. The van der Waals surface area contributed by atoms with Crippen LogP contribution in [-0.2, 0) is 0 Å². The summed E-state index contributed by atoms with van der Waals surface area (Å²) in [5.41, 5.74) is 6.84. The molecule has 0 radical (unpaired) electrons. The van der Waals surface area contributed by atoms with Crippen LogP contribution in [0.25, 0.3) is 0 Å². The first kappa shape index (κ1) is 17.0. The van der Waals surface area contributed by atoms with Gasteiger partial charge < -0.3 is 5.73 Å². The first-order chi connectivity index (χ1) is 9.79. The van der Waals surface area contributed by atoms with E-state index in [0.717, 1.165) is 12.5 Å². The van der Waals surface area contributed by atoms with Crippen LogP contribution in [0.3, 0.4) is 0 Å². The Morgan fingerprint density at radius 1 is 1.38 bits per heavy atom. The molecule has 4 atom stereocenters. The normalized spacial score (nSPS) is 28.8. The van der Waals surface area contributed by atoms with Crippen LogP contribution < -0.4 is 5.73 Å². The highest BCUT2D eigenvalue weighted by molar-refractivity contribution is 7.10. The molecule has 0 spiro atoms. The highest BCUT2D eigenvalue weighted by Gasteiger charge is 2.35. The van der Waals surface area contributed by atoms with Gasteiger partial charge in [-0.15, -0.1) is 11.3 Å². The first-order valence-electron chi connectivity index (χ1n) is 8.28. The van der Waals surface area contributed by atoms with Crippen LogP contribution in [-0.4, -0.2) is 24.5 Å². The Balaban J connectivity index is 1.96. The Labute approximate surface area is 134 Å². The van der Waals surface area contributed by atoms with Crippen LogP contribution in [0.2, 0.25) is 0 Å². The molecule has 120 valence electrons. The Bertz CT molecular complexity index is 421. The summed E-state index contributed by atoms with van der Waals surface area (Å²) in [4.78, 5) is 3.94. The van der Waals surface area contributed by atoms with E-state index in [2.05, 4.69) is 57.2 Å². The van der Waals surface area contributed by atoms with Crippen molar-refractivity contribution in [3.05, 3.63) is 22.4 Å². The van der Waals surface area contributed by atoms with Gasteiger partial charge in [0.1, 0.15) is 0 Å². The second-order valence-electron chi connectivity index (χ2n) is 7.93. The van der Waals surface area contributed by atoms with E-state index in [-0.39, 0.29) is 0 Å². The van der Waals surface area contributed by atoms with Gasteiger partial charge >= 0.3 is 0 Å². The van der Waals surface area contributed by atoms with Crippen LogP contribution in [0.1, 0.15) is 57.9 Å². The summed E-state index contributed by atoms with van der Waals surface area (Å²) < 4.78 is 0. The number of rotatable bonds is 4. The molecule has 1 fully saturated rings. The molecule has 1 aliphatic carbocycles. The molecule has 1 aliphatic rings. The number of hydrogen-bond donors (Lipinski definition) is 1. The van der Waals surface area contributed by atoms with Gasteiger partial charge in [0.25, 0.3) is 0 Å². The summed E-state index contributed by atoms with van der Waals surface area (Å²) >= 11 is 1.85. The van der Waals surface area contributed by atoms with Crippen LogP contribution >= 0.6 is 11.3 Å². The van der Waals surface area contributed by atoms with Crippen molar-refractivity contribution in [2.24, 2.45) is 23.0 Å². The largest absolute Gasteiger partial charge is 0.327 e. The highest BCUT2D eigenvalue weighted by atomic mass is 32.1. The predicted octanol–water partition coefficient (Wildman–Crippen LogP) is 4.53. The zero-order valence-electron chi connectivity index (χ0n) is 14.3. The van der Waals surface area contributed by atoms with Gasteiger partial charge in [-0.1, -0.05) is 26.8 Å². The van der Waals surface area contributed by atoms with Crippen molar-refractivity contribution in [2.75, 3.05) is 13.6 Å². The van der Waals surface area contributed by atoms with Crippen molar-refractivity contribution in [2.45, 2.75) is 59.0 Å². The Morgan fingerprint density at radius 3 is 2.67 bits per heavy atom. The number of nitrogens with zero attached hydrogens (tertiary/aromatic N) is 1. The summed E-state index contributed by atoms with van der Waals surface area (Å²) in [6.45, 7) is 10.6. The van der Waals surface area contributed by atoms with Gasteiger partial charge in [0.2, 0.25) is 0 Å². The Kier molecular flexibility index (Phi) is 5.50. The minimum absolute atomic E-state index is 0.376. The summed E-state index contributed by atoms with van der Waals surface area (Å²) in [7, 11) is 2.25. The molecule has 0 amide bonds. The van der Waals surface area contributed by atoms with E-state index in [4.69, 9.17) is 5.73 Å². The maximum Gasteiger partial charge on any atom is 0.0410 e. The van der Waals surface area contributed by atoms with Gasteiger partial charge in [-0.05, 0) is 61.9 Å². The molecule has 0 aliphatic heterocycles. The second kappa shape index (κ2) is 6.80. The van der Waals surface area contributed by atoms with Crippen LogP contribution in [0.4, 0.5) is 0 Å². The number of thiophene rings is 1. The van der Waals surface area contributed by atoms with E-state index in [1.165, 1.54) is 24.1 Å². The maximum absolute atomic E-state index is 6.43. The third-order valence-corrected chi connectivity index (χ3v) is 6.45. The fourth-order valence-corrected chi connectivity index (χ4v) is 4.41. The van der Waals surface area contributed by atoms with Crippen LogP contribution in [0.15, 0.2) is 17.5 Å². The molecule has 2 nitrogen and oxygen atoms in total. The lowest BCUT2D eigenvalue weighted by atomic mass is 9.67. The number of hydrogen-bond acceptors (Lipinski definition) is 3. The average Bonchev–Trinajstić information content (AvgIpc) is 2.92. The molecule has 2 rings (SSSR count). The molecule has 0 bridgehead atoms. The van der Waals surface area contributed by atoms with E-state index >= 15 is 0 Å². The fourth-order valence-electron chi connectivity index (χ4n) is 3.56. The lowest BCUT2D eigenvalue weighted by molar-refractivity contribution is 0.0968. The summed E-state index contributed by atoms with van der Waals surface area (Å²) in [5.74, 6) is 1.45. The van der Waals surface area contributed by atoms with Gasteiger partial charge in [0, 0.05) is 23.5 Å². The minimum Gasteiger partial charge on any atom is -0.327 e. The van der Waals surface area contributed by atoms with Crippen molar-refractivity contribution in [3.8, 4) is 0 Å². The third kappa shape index (κ3) is 4.30. The standard InChI is InChI=1S/C18H32N2S/c1-13(17-7-6-10-21-17)20(5)12-14-11-15(18(2,3)4)8-9-16(14)19/h6-7,10,13-16H,8-9,11-12,19H2,1-5H3. The molecule has 2 N–H and O–H groups in total. The van der Waals surface area contributed by atoms with Crippen molar-refractivity contribution in [3.63, 3.8) is 0 Å². The third-order valence-electron chi connectivity index (χ3n) is 5.40. The summed E-state index contributed by atoms with van der Waals surface area (Å²) in [5, 5.41) is 2.17. The molecular formula is C18H32N2S. The smallest absolute Gasteiger partial charge is 0.0410 e. The number of nitrogens with two attached hydrogens (primary N) is 1. The molecule has 3 heteroatoms. The lowest BCUT2D eigenvalue weighted by Crippen LogP contribution is -2.44. The van der Waals surface area contributed by atoms with Crippen molar-refractivity contribution in [1.82, 2.24) is 4.90 Å². The summed E-state index contributed by atoms with van der Waals surface area (Å²) in [6.07, 6.45) is 3.77. The van der Waals surface area contributed by atoms with Crippen molar-refractivity contribution in [1.29, 1.82) is 0 Å². The van der Waals surface area contributed by atoms with Crippen molar-refractivity contribution >= 4 is 11.3 Å². The minimum atomic E-state index is 0.376. The Morgan fingerprint density at radius 2 is 2.10 bits per heavy atom. The molecule has 21 heavy (non-hydrogen) atoms. The highest BCUT2D eigenvalue weighted by Crippen LogP contribution is 2.40. The molecular weight excluding hydrogens is 276 g/mol. The molecule has 1 aromatic heterocycles. The molecule has 4 unspecified atom stereocenters. The molecule has 1 aromatic rings. The zero-order chi connectivity index (χ0) is 15.6. The molecule has 0 aromatic carbocycles. The van der Waals surface area contributed by atoms with E-state index in [1.807, 2.05) is 11.3 Å². The lowest BCUT2D eigenvalue weighted by Gasteiger charge is -2.42. The molecule has 0 saturated heterocycles. The van der Waals surface area contributed by atoms with E-state index in [9.17, 15) is 0 Å². The quantitative estimate of drug-likeness (QED) is 0.885. The fraction of sp³-hybridized carbons (Fsp3) is 0.778. The maximum atomic E-state index is 6.43. The van der Waals surface area contributed by atoms with Crippen molar-refractivity contribution < 1.29 is 0 Å². The topological polar surface area (TPSA) is 29.3 Å². The van der Waals surface area contributed by atoms with Crippen LogP contribution in [0, 0.1) is 17.3 Å². The molecule has 1 saturated carbocycles. The first-order valence-corrected chi connectivity index (χ1v) is 9.16. The zero-order valence-corrected chi connectivity index (χ0v) is 15.1. The SMILES string of the molecule is CC(c1cccs1)N(C)CC1CC(C(C)(C)C)CCC1N. The second-order valence-corrected chi connectivity index (χ2v) is 8.91. The summed E-state index contributed by atoms with van der Waals surface area (Å²) in [6, 6.07) is 5.26. The van der Waals surface area contributed by atoms with Gasteiger partial charge in [0.15, 0.2) is 0 Å². The molecule has 1 heterocycles. The predicted molar refractivity (Wildman–Crippen MR) is 93.6 cm³/mol. The van der Waals surface area contributed by atoms with E-state index in [1.54, 1.807) is 0 Å². The van der Waals surface area contributed by atoms with Gasteiger partial charge in [-0.25, -0.2) is 0 Å². The van der Waals surface area contributed by atoms with Gasteiger partial charge in [-0.3, -0.25) is 4.90 Å². The van der Waals surface area contributed by atoms with Gasteiger partial charge in [0.05, 0.1) is 0 Å². The average molecular weight is 309 g/mol. The van der Waals surface area contributed by atoms with E-state index < -0.39 is 0 Å².